The fraction of sp³-hybridized carbons (Fsp3) is 0.576. The van der Waals surface area contributed by atoms with Crippen molar-refractivity contribution in [2.24, 2.45) is 5.92 Å². The van der Waals surface area contributed by atoms with Crippen LogP contribution in [-0.2, 0) is 28.3 Å². The van der Waals surface area contributed by atoms with Crippen LogP contribution < -0.4 is 0 Å². The second-order valence-electron chi connectivity index (χ2n) is 12.8. The maximum Gasteiger partial charge on any atom is 0.416 e. The highest BCUT2D eigenvalue weighted by Gasteiger charge is 2.42. The highest BCUT2D eigenvalue weighted by atomic mass is 19.4. The third-order valence-corrected chi connectivity index (χ3v) is 9.93. The van der Waals surface area contributed by atoms with Gasteiger partial charge in [0.15, 0.2) is 0 Å². The average molecular weight is 653 g/mol. The summed E-state index contributed by atoms with van der Waals surface area (Å²) in [5.41, 5.74) is -2.67. The minimum absolute atomic E-state index is 0.0281. The predicted molar refractivity (Wildman–Crippen MR) is 157 cm³/mol. The Balaban J connectivity index is 1.12. The molecule has 0 spiro atoms. The molecule has 4 heterocycles. The van der Waals surface area contributed by atoms with E-state index in [1.807, 2.05) is 35.2 Å². The summed E-state index contributed by atoms with van der Waals surface area (Å²) in [6.45, 7) is 6.10. The molecule has 0 N–H and O–H groups in total. The number of benzene rings is 2. The number of halogens is 6. The van der Waals surface area contributed by atoms with E-state index < -0.39 is 41.0 Å². The van der Waals surface area contributed by atoms with Crippen LogP contribution >= 0.6 is 0 Å². The van der Waals surface area contributed by atoms with E-state index in [9.17, 15) is 35.9 Å². The number of carbonyl (C=O) groups excluding carboxylic acids is 2. The summed E-state index contributed by atoms with van der Waals surface area (Å²) in [7, 11) is 0. The summed E-state index contributed by atoms with van der Waals surface area (Å²) in [5.74, 6) is -0.674. The maximum atomic E-state index is 13.7. The molecule has 2 aromatic carbocycles. The lowest BCUT2D eigenvalue weighted by atomic mass is 9.90. The van der Waals surface area contributed by atoms with Crippen LogP contribution in [0, 0.1) is 5.92 Å². The smallest absolute Gasteiger partial charge is 0.381 e. The van der Waals surface area contributed by atoms with E-state index in [0.717, 1.165) is 51.3 Å². The van der Waals surface area contributed by atoms with Gasteiger partial charge in [0, 0.05) is 76.1 Å². The van der Waals surface area contributed by atoms with Crippen LogP contribution in [0.2, 0.25) is 0 Å². The second kappa shape index (κ2) is 13.2. The van der Waals surface area contributed by atoms with Gasteiger partial charge in [-0.25, -0.2) is 0 Å². The van der Waals surface area contributed by atoms with Crippen molar-refractivity contribution >= 4 is 11.8 Å². The lowest BCUT2D eigenvalue weighted by molar-refractivity contribution is -0.144. The Morgan fingerprint density at radius 3 is 1.96 bits per heavy atom. The molecule has 0 unspecified atom stereocenters. The standard InChI is InChI=1S/C33H38F6N4O3/c34-32(35,36)25-15-24(16-26(17-25)33(37,38)39)31(45)43-8-6-27(18-28(43)14-22-4-2-1-3-5-22)40-9-11-41(12-10-40)29-19-42(20-29)30(44)23-7-13-46-21-23/h1-5,15-17,23,27-29H,6-14,18-21H2/t23-,27-,28+/m0/s1. The van der Waals surface area contributed by atoms with E-state index in [4.69, 9.17) is 4.74 Å². The summed E-state index contributed by atoms with van der Waals surface area (Å²) in [5, 5.41) is 0. The average Bonchev–Trinajstić information content (AvgIpc) is 3.55. The summed E-state index contributed by atoms with van der Waals surface area (Å²) in [4.78, 5) is 34.5. The van der Waals surface area contributed by atoms with Gasteiger partial charge in [0.05, 0.1) is 23.7 Å². The Hall–Kier alpha value is -3.16. The number of rotatable bonds is 6. The monoisotopic (exact) mass is 652 g/mol. The molecule has 3 atom stereocenters. The first-order chi connectivity index (χ1) is 21.9. The van der Waals surface area contributed by atoms with Gasteiger partial charge in [-0.3, -0.25) is 19.4 Å². The molecular formula is C33H38F6N4O3. The van der Waals surface area contributed by atoms with Gasteiger partial charge < -0.3 is 14.5 Å². The zero-order chi connectivity index (χ0) is 32.6. The predicted octanol–water partition coefficient (Wildman–Crippen LogP) is 4.81. The minimum Gasteiger partial charge on any atom is -0.381 e. The second-order valence-corrected chi connectivity index (χ2v) is 12.8. The fourth-order valence-corrected chi connectivity index (χ4v) is 7.27. The number of nitrogens with zero attached hydrogens (tertiary/aromatic N) is 4. The van der Waals surface area contributed by atoms with Crippen molar-refractivity contribution in [1.82, 2.24) is 19.6 Å². The number of amides is 2. The lowest BCUT2D eigenvalue weighted by Gasteiger charge is -2.51. The van der Waals surface area contributed by atoms with Crippen molar-refractivity contribution in [1.29, 1.82) is 0 Å². The number of ether oxygens (including phenoxy) is 1. The van der Waals surface area contributed by atoms with E-state index in [2.05, 4.69) is 9.80 Å². The zero-order valence-electron chi connectivity index (χ0n) is 25.4. The van der Waals surface area contributed by atoms with Crippen molar-refractivity contribution < 1.29 is 40.7 Å². The van der Waals surface area contributed by atoms with Gasteiger partial charge in [0.2, 0.25) is 5.91 Å². The molecule has 7 nitrogen and oxygen atoms in total. The first kappa shape index (κ1) is 32.8. The molecule has 2 aromatic rings. The van der Waals surface area contributed by atoms with Gasteiger partial charge in [-0.1, -0.05) is 30.3 Å². The molecule has 2 amide bonds. The topological polar surface area (TPSA) is 56.3 Å². The van der Waals surface area contributed by atoms with E-state index in [1.54, 1.807) is 0 Å². The van der Waals surface area contributed by atoms with E-state index in [-0.39, 0.29) is 30.5 Å². The van der Waals surface area contributed by atoms with Crippen molar-refractivity contribution in [3.63, 3.8) is 0 Å². The lowest BCUT2D eigenvalue weighted by Crippen LogP contribution is -2.65. The molecular weight excluding hydrogens is 614 g/mol. The SMILES string of the molecule is O=C([C@H]1CCOC1)N1CC(N2CCN([C@H]3CCN(C(=O)c4cc(C(F)(F)F)cc(C(F)(F)F)c4)[C@H](Cc4ccccc4)C3)CC2)C1. The van der Waals surface area contributed by atoms with Crippen LogP contribution in [0.15, 0.2) is 48.5 Å². The molecule has 0 aliphatic carbocycles. The molecule has 6 rings (SSSR count). The van der Waals surface area contributed by atoms with Gasteiger partial charge in [0.1, 0.15) is 0 Å². The number of hydrogen-bond donors (Lipinski definition) is 0. The molecule has 4 aliphatic heterocycles. The van der Waals surface area contributed by atoms with Crippen LogP contribution in [0.4, 0.5) is 26.3 Å². The molecule has 4 aliphatic rings. The molecule has 0 bridgehead atoms. The number of alkyl halides is 6. The Labute approximate surface area is 264 Å². The van der Waals surface area contributed by atoms with Crippen molar-refractivity contribution in [3.05, 3.63) is 70.8 Å². The van der Waals surface area contributed by atoms with Crippen LogP contribution in [-0.4, -0.2) is 109 Å². The van der Waals surface area contributed by atoms with Gasteiger partial charge in [-0.2, -0.15) is 26.3 Å². The number of piperidine rings is 1. The van der Waals surface area contributed by atoms with Crippen LogP contribution in [0.5, 0.6) is 0 Å². The summed E-state index contributed by atoms with van der Waals surface area (Å²) >= 11 is 0. The van der Waals surface area contributed by atoms with Gasteiger partial charge in [0.25, 0.3) is 5.91 Å². The van der Waals surface area contributed by atoms with Crippen molar-refractivity contribution in [2.75, 3.05) is 59.0 Å². The van der Waals surface area contributed by atoms with E-state index in [1.165, 1.54) is 4.90 Å². The molecule has 4 fully saturated rings. The van der Waals surface area contributed by atoms with E-state index in [0.29, 0.717) is 50.7 Å². The molecule has 250 valence electrons. The number of carbonyl (C=O) groups is 2. The van der Waals surface area contributed by atoms with Crippen LogP contribution in [0.1, 0.15) is 46.3 Å². The first-order valence-electron chi connectivity index (χ1n) is 15.9. The van der Waals surface area contributed by atoms with Crippen molar-refractivity contribution in [3.8, 4) is 0 Å². The quantitative estimate of drug-likeness (QED) is 0.420. The summed E-state index contributed by atoms with van der Waals surface area (Å²) in [6.07, 6.45) is -7.73. The normalized spacial score (nSPS) is 25.5. The Kier molecular flexibility index (Phi) is 9.37. The molecule has 13 heteroatoms. The van der Waals surface area contributed by atoms with Crippen LogP contribution in [0.3, 0.4) is 0 Å². The minimum atomic E-state index is -5.03. The Morgan fingerprint density at radius 2 is 1.39 bits per heavy atom. The molecule has 0 saturated carbocycles. The molecule has 0 radical (unpaired) electrons. The van der Waals surface area contributed by atoms with Gasteiger partial charge >= 0.3 is 12.4 Å². The van der Waals surface area contributed by atoms with Gasteiger partial charge in [-0.15, -0.1) is 0 Å². The number of hydrogen-bond acceptors (Lipinski definition) is 5. The maximum absolute atomic E-state index is 13.7. The molecule has 46 heavy (non-hydrogen) atoms. The third-order valence-electron chi connectivity index (χ3n) is 9.93. The number of likely N-dealkylation sites (tertiary alicyclic amines) is 2. The van der Waals surface area contributed by atoms with Gasteiger partial charge in [-0.05, 0) is 49.4 Å². The summed E-state index contributed by atoms with van der Waals surface area (Å²) < 4.78 is 86.7. The van der Waals surface area contributed by atoms with E-state index >= 15 is 0 Å². The fourth-order valence-electron chi connectivity index (χ4n) is 7.27. The Morgan fingerprint density at radius 1 is 0.783 bits per heavy atom. The molecule has 4 saturated heterocycles. The highest BCUT2D eigenvalue weighted by Crippen LogP contribution is 2.37. The Bertz CT molecular complexity index is 1350. The third kappa shape index (κ3) is 7.21. The van der Waals surface area contributed by atoms with Crippen molar-refractivity contribution in [2.45, 2.75) is 56.2 Å². The number of piperazine rings is 1. The first-order valence-corrected chi connectivity index (χ1v) is 15.9. The summed E-state index contributed by atoms with van der Waals surface area (Å²) in [6, 6.07) is 10.5. The van der Waals surface area contributed by atoms with Crippen LogP contribution in [0.25, 0.3) is 0 Å². The highest BCUT2D eigenvalue weighted by molar-refractivity contribution is 5.95. The largest absolute Gasteiger partial charge is 0.416 e. The zero-order valence-corrected chi connectivity index (χ0v) is 25.4. The molecule has 0 aromatic heterocycles.